The molecule has 1 fully saturated rings. The first-order valence-corrected chi connectivity index (χ1v) is 11.3. The minimum Gasteiger partial charge on any atom is -0.394 e. The first-order chi connectivity index (χ1) is 15.8. The van der Waals surface area contributed by atoms with E-state index >= 15 is 0 Å². The Morgan fingerprint density at radius 1 is 1.06 bits per heavy atom. The summed E-state index contributed by atoms with van der Waals surface area (Å²) in [4.78, 5) is 0. The lowest BCUT2D eigenvalue weighted by Gasteiger charge is -2.41. The molecule has 176 valence electrons. The van der Waals surface area contributed by atoms with Crippen LogP contribution in [0.1, 0.15) is 11.6 Å². The molecule has 0 aliphatic carbocycles. The Morgan fingerprint density at radius 3 is 2.36 bits per heavy atom. The maximum Gasteiger partial charge on any atom is 0.194 e. The van der Waals surface area contributed by atoms with Crippen LogP contribution in [0.25, 0.3) is 11.3 Å². The molecule has 0 saturated carbocycles. The van der Waals surface area contributed by atoms with Gasteiger partial charge in [-0.15, -0.1) is 16.9 Å². The lowest BCUT2D eigenvalue weighted by Crippen LogP contribution is -2.55. The Hall–Kier alpha value is -2.15. The summed E-state index contributed by atoms with van der Waals surface area (Å²) in [5.41, 5.74) is 0.0251. The molecule has 3 aromatic rings. The fourth-order valence-electron chi connectivity index (χ4n) is 3.54. The highest BCUT2D eigenvalue weighted by atomic mass is 35.5. The van der Waals surface area contributed by atoms with Gasteiger partial charge in [0.05, 0.1) is 12.8 Å². The predicted molar refractivity (Wildman–Crippen MR) is 115 cm³/mol. The zero-order chi connectivity index (χ0) is 23.7. The molecule has 0 bridgehead atoms. The van der Waals surface area contributed by atoms with E-state index in [1.807, 2.05) is 12.1 Å². The van der Waals surface area contributed by atoms with Gasteiger partial charge in [0.15, 0.2) is 17.5 Å². The van der Waals surface area contributed by atoms with E-state index in [1.54, 1.807) is 12.1 Å². The number of aliphatic hydroxyl groups excluding tert-OH is 3. The topological polar surface area (TPSA) is 101 Å². The van der Waals surface area contributed by atoms with Crippen LogP contribution in [-0.4, -0.2) is 60.7 Å². The Balaban J connectivity index is 1.57. The van der Waals surface area contributed by atoms with Gasteiger partial charge in [0.25, 0.3) is 0 Å². The third-order valence-corrected chi connectivity index (χ3v) is 6.74. The quantitative estimate of drug-likeness (QED) is 0.446. The molecule has 5 atom stereocenters. The Bertz CT molecular complexity index is 1100. The van der Waals surface area contributed by atoms with Gasteiger partial charge in [-0.05, 0) is 29.8 Å². The summed E-state index contributed by atoms with van der Waals surface area (Å²) in [5.74, 6) is -3.92. The van der Waals surface area contributed by atoms with Crippen molar-refractivity contribution in [3.63, 3.8) is 0 Å². The predicted octanol–water partition coefficient (Wildman–Crippen LogP) is 2.93. The standard InChI is InChI=1S/C21H19ClF3N3O4S/c22-12-3-1-10(2-4-12)9-33-21-20(31)18(19(30)16(8-29)32-21)28-7-15(26-27-28)11-5-13(23)17(25)14(24)6-11/h1-7,16,18-21,29-31H,8-9H2. The number of benzene rings is 2. The van der Waals surface area contributed by atoms with Gasteiger partial charge >= 0.3 is 0 Å². The zero-order valence-electron chi connectivity index (χ0n) is 16.9. The van der Waals surface area contributed by atoms with Crippen LogP contribution in [-0.2, 0) is 10.5 Å². The Morgan fingerprint density at radius 2 is 1.73 bits per heavy atom. The molecule has 2 aromatic carbocycles. The number of aliphatic hydroxyl groups is 3. The highest BCUT2D eigenvalue weighted by molar-refractivity contribution is 7.99. The molecule has 1 aromatic heterocycles. The summed E-state index contributed by atoms with van der Waals surface area (Å²) in [5, 5.41) is 39.5. The third-order valence-electron chi connectivity index (χ3n) is 5.27. The fraction of sp³-hybridized carbons (Fsp3) is 0.333. The zero-order valence-corrected chi connectivity index (χ0v) is 18.4. The van der Waals surface area contributed by atoms with Crippen molar-refractivity contribution in [3.05, 3.63) is 70.6 Å². The molecule has 1 aliphatic heterocycles. The van der Waals surface area contributed by atoms with Gasteiger partial charge in [0.2, 0.25) is 0 Å². The van der Waals surface area contributed by atoms with Crippen molar-refractivity contribution in [3.8, 4) is 11.3 Å². The van der Waals surface area contributed by atoms with E-state index in [1.165, 1.54) is 18.0 Å². The molecule has 1 saturated heterocycles. The molecule has 5 unspecified atom stereocenters. The van der Waals surface area contributed by atoms with Crippen LogP contribution < -0.4 is 0 Å². The molecule has 12 heteroatoms. The van der Waals surface area contributed by atoms with Crippen molar-refractivity contribution >= 4 is 23.4 Å². The lowest BCUT2D eigenvalue weighted by molar-refractivity contribution is -0.178. The molecular formula is C21H19ClF3N3O4S. The minimum absolute atomic E-state index is 0.00427. The average Bonchev–Trinajstić information content (AvgIpc) is 3.27. The SMILES string of the molecule is OCC1OC(SCc2ccc(Cl)cc2)C(O)C(n2cc(-c3cc(F)c(F)c(F)c3)nn2)C1O. The van der Waals surface area contributed by atoms with Crippen LogP contribution in [0.2, 0.25) is 5.02 Å². The van der Waals surface area contributed by atoms with Crippen molar-refractivity contribution in [1.82, 2.24) is 15.0 Å². The first-order valence-electron chi connectivity index (χ1n) is 9.83. The van der Waals surface area contributed by atoms with Crippen molar-refractivity contribution in [2.24, 2.45) is 0 Å². The summed E-state index contributed by atoms with van der Waals surface area (Å²) in [6, 6.07) is 7.58. The summed E-state index contributed by atoms with van der Waals surface area (Å²) in [7, 11) is 0. The van der Waals surface area contributed by atoms with Gasteiger partial charge in [-0.2, -0.15) is 0 Å². The van der Waals surface area contributed by atoms with Gasteiger partial charge in [0, 0.05) is 16.3 Å². The van der Waals surface area contributed by atoms with E-state index in [4.69, 9.17) is 16.3 Å². The molecule has 3 N–H and O–H groups in total. The van der Waals surface area contributed by atoms with Crippen LogP contribution in [0.5, 0.6) is 0 Å². The van der Waals surface area contributed by atoms with Gasteiger partial charge in [0.1, 0.15) is 35.5 Å². The maximum atomic E-state index is 13.6. The highest BCUT2D eigenvalue weighted by Gasteiger charge is 2.46. The molecule has 1 aliphatic rings. The van der Waals surface area contributed by atoms with Crippen LogP contribution >= 0.6 is 23.4 Å². The third kappa shape index (κ3) is 5.03. The number of rotatable bonds is 6. The van der Waals surface area contributed by atoms with Crippen LogP contribution in [0.15, 0.2) is 42.6 Å². The van der Waals surface area contributed by atoms with Gasteiger partial charge in [-0.25, -0.2) is 17.9 Å². The summed E-state index contributed by atoms with van der Waals surface area (Å²) in [6.07, 6.45) is -2.37. The molecule has 4 rings (SSSR count). The number of hydrogen-bond acceptors (Lipinski definition) is 7. The normalized spacial score (nSPS) is 25.4. The molecule has 0 spiro atoms. The van der Waals surface area contributed by atoms with E-state index in [2.05, 4.69) is 10.3 Å². The van der Waals surface area contributed by atoms with Crippen molar-refractivity contribution in [2.75, 3.05) is 6.61 Å². The smallest absolute Gasteiger partial charge is 0.194 e. The number of ether oxygens (including phenoxy) is 1. The second kappa shape index (κ2) is 10.00. The monoisotopic (exact) mass is 501 g/mol. The molecule has 0 radical (unpaired) electrons. The highest BCUT2D eigenvalue weighted by Crippen LogP contribution is 2.36. The van der Waals surface area contributed by atoms with E-state index < -0.39 is 53.8 Å². The molecular weight excluding hydrogens is 483 g/mol. The van der Waals surface area contributed by atoms with E-state index in [0.29, 0.717) is 10.8 Å². The van der Waals surface area contributed by atoms with Gasteiger partial charge in [-0.3, -0.25) is 0 Å². The fourth-order valence-corrected chi connectivity index (χ4v) is 4.79. The van der Waals surface area contributed by atoms with Crippen LogP contribution in [0.4, 0.5) is 13.2 Å². The summed E-state index contributed by atoms with van der Waals surface area (Å²) in [6.45, 7) is -0.516. The molecule has 0 amide bonds. The van der Waals surface area contributed by atoms with Crippen molar-refractivity contribution in [2.45, 2.75) is 35.5 Å². The van der Waals surface area contributed by atoms with Gasteiger partial charge in [-0.1, -0.05) is 28.9 Å². The number of aromatic nitrogens is 3. The van der Waals surface area contributed by atoms with Crippen molar-refractivity contribution in [1.29, 1.82) is 0 Å². The average molecular weight is 502 g/mol. The lowest BCUT2D eigenvalue weighted by atomic mass is 9.97. The summed E-state index contributed by atoms with van der Waals surface area (Å²) >= 11 is 7.15. The Kier molecular flexibility index (Phi) is 7.27. The molecule has 7 nitrogen and oxygen atoms in total. The number of thioether (sulfide) groups is 1. The van der Waals surface area contributed by atoms with E-state index in [-0.39, 0.29) is 11.3 Å². The van der Waals surface area contributed by atoms with E-state index in [9.17, 15) is 28.5 Å². The minimum atomic E-state index is -1.60. The van der Waals surface area contributed by atoms with E-state index in [0.717, 1.165) is 22.4 Å². The number of halogens is 4. The second-order valence-corrected chi connectivity index (χ2v) is 9.00. The van der Waals surface area contributed by atoms with Crippen LogP contribution in [0, 0.1) is 17.5 Å². The van der Waals surface area contributed by atoms with Gasteiger partial charge < -0.3 is 20.1 Å². The maximum absolute atomic E-state index is 13.6. The second-order valence-electron chi connectivity index (χ2n) is 7.47. The summed E-state index contributed by atoms with van der Waals surface area (Å²) < 4.78 is 47.3. The molecule has 2 heterocycles. The number of hydrogen-bond donors (Lipinski definition) is 3. The largest absolute Gasteiger partial charge is 0.394 e. The van der Waals surface area contributed by atoms with Crippen LogP contribution in [0.3, 0.4) is 0 Å². The molecule has 33 heavy (non-hydrogen) atoms. The number of nitrogens with zero attached hydrogens (tertiary/aromatic N) is 3. The van der Waals surface area contributed by atoms with Crippen molar-refractivity contribution < 1.29 is 33.2 Å². The Labute approximate surface area is 195 Å². The first kappa shape index (κ1) is 24.0.